The zero-order valence-corrected chi connectivity index (χ0v) is 17.5. The maximum absolute atomic E-state index is 11.8. The van der Waals surface area contributed by atoms with E-state index in [1.165, 1.54) is 0 Å². The van der Waals surface area contributed by atoms with Crippen molar-refractivity contribution in [3.63, 3.8) is 0 Å². The minimum Gasteiger partial charge on any atom is -0.423 e. The van der Waals surface area contributed by atoms with Gasteiger partial charge in [-0.2, -0.15) is 8.42 Å². The molecule has 0 bridgehead atoms. The first-order chi connectivity index (χ1) is 13.8. The number of hydrogen-bond donors (Lipinski definition) is 1. The number of halogens is 2. The van der Waals surface area contributed by atoms with Gasteiger partial charge < -0.3 is 18.9 Å². The van der Waals surface area contributed by atoms with E-state index >= 15 is 0 Å². The Morgan fingerprint density at radius 3 is 2.07 bits per heavy atom. The van der Waals surface area contributed by atoms with Crippen LogP contribution < -0.4 is 4.74 Å². The van der Waals surface area contributed by atoms with E-state index < -0.39 is 21.0 Å². The van der Waals surface area contributed by atoms with Crippen LogP contribution in [-0.4, -0.2) is 65.1 Å². The summed E-state index contributed by atoms with van der Waals surface area (Å²) in [6, 6.07) is 1.83. The number of hydrogen-bond acceptors (Lipinski definition) is 8. The normalized spacial score (nSPS) is 11.1. The number of nitrogens with zero attached hydrogens (tertiary/aromatic N) is 3. The quantitative estimate of drug-likeness (QED) is 0.0824. The Bertz CT molecular complexity index is 808. The van der Waals surface area contributed by atoms with Crippen molar-refractivity contribution in [2.24, 2.45) is 5.11 Å². The first-order valence-corrected chi connectivity index (χ1v) is 10.4. The van der Waals surface area contributed by atoms with Crippen LogP contribution in [0.1, 0.15) is 6.42 Å². The molecule has 11 nitrogen and oxygen atoms in total. The Morgan fingerprint density at radius 2 is 1.55 bits per heavy atom. The maximum Gasteiger partial charge on any atom is 0.313 e. The summed E-state index contributed by atoms with van der Waals surface area (Å²) in [7, 11) is -4.49. The van der Waals surface area contributed by atoms with E-state index in [1.807, 2.05) is 0 Å². The molecular weight excluding hydrogens is 453 g/mol. The number of azide groups is 1. The summed E-state index contributed by atoms with van der Waals surface area (Å²) in [5.74, 6) is -0.905. The van der Waals surface area contributed by atoms with Gasteiger partial charge in [0.15, 0.2) is 5.75 Å². The number of benzene rings is 1. The Morgan fingerprint density at radius 1 is 1.03 bits per heavy atom. The van der Waals surface area contributed by atoms with E-state index in [9.17, 15) is 13.2 Å². The van der Waals surface area contributed by atoms with Gasteiger partial charge in [0.2, 0.25) is 0 Å². The second kappa shape index (κ2) is 13.6. The fraction of sp³-hybridized carbons (Fsp3) is 0.533. The van der Waals surface area contributed by atoms with Gasteiger partial charge in [-0.25, -0.2) is 0 Å². The Kier molecular flexibility index (Phi) is 11.9. The van der Waals surface area contributed by atoms with E-state index in [4.69, 9.17) is 52.2 Å². The minimum absolute atomic E-state index is 0.0587. The molecule has 0 aromatic heterocycles. The Labute approximate surface area is 177 Å². The molecule has 0 unspecified atom stereocenters. The summed E-state index contributed by atoms with van der Waals surface area (Å²) in [6.07, 6.45) is -0.102. The lowest BCUT2D eigenvalue weighted by atomic mass is 10.3. The molecular formula is C15H19Cl2N3O8S. The first kappa shape index (κ1) is 25.4. The molecule has 0 atom stereocenters. The molecule has 0 heterocycles. The average Bonchev–Trinajstić information content (AvgIpc) is 2.64. The third-order valence-corrected chi connectivity index (χ3v) is 4.47. The van der Waals surface area contributed by atoms with Crippen molar-refractivity contribution in [2.45, 2.75) is 11.3 Å². The van der Waals surface area contributed by atoms with E-state index in [2.05, 4.69) is 10.0 Å². The highest BCUT2D eigenvalue weighted by molar-refractivity contribution is 7.85. The summed E-state index contributed by atoms with van der Waals surface area (Å²) >= 11 is 11.7. The number of carbonyl (C=O) groups is 1. The lowest BCUT2D eigenvalue weighted by Gasteiger charge is -2.10. The molecule has 0 aliphatic heterocycles. The lowest BCUT2D eigenvalue weighted by Crippen LogP contribution is -2.14. The predicted molar refractivity (Wildman–Crippen MR) is 103 cm³/mol. The van der Waals surface area contributed by atoms with E-state index in [0.717, 1.165) is 12.1 Å². The van der Waals surface area contributed by atoms with Gasteiger partial charge in [-0.05, 0) is 17.7 Å². The molecule has 1 aromatic rings. The van der Waals surface area contributed by atoms with Gasteiger partial charge in [0.25, 0.3) is 10.1 Å². The first-order valence-electron chi connectivity index (χ1n) is 8.17. The van der Waals surface area contributed by atoms with Crippen molar-refractivity contribution >= 4 is 39.3 Å². The highest BCUT2D eigenvalue weighted by atomic mass is 35.5. The molecule has 14 heteroatoms. The minimum atomic E-state index is -4.49. The number of ether oxygens (including phenoxy) is 4. The van der Waals surface area contributed by atoms with Crippen LogP contribution in [0, 0.1) is 0 Å². The van der Waals surface area contributed by atoms with Gasteiger partial charge in [0.1, 0.15) is 0 Å². The second-order valence-corrected chi connectivity index (χ2v) is 7.44. The third kappa shape index (κ3) is 10.6. The topological polar surface area (TPSA) is 157 Å². The van der Waals surface area contributed by atoms with Crippen molar-refractivity contribution in [3.05, 3.63) is 32.6 Å². The van der Waals surface area contributed by atoms with Gasteiger partial charge in [-0.15, -0.1) is 0 Å². The van der Waals surface area contributed by atoms with Crippen molar-refractivity contribution in [1.29, 1.82) is 0 Å². The zero-order valence-electron chi connectivity index (χ0n) is 15.1. The molecule has 1 N–H and O–H groups in total. The van der Waals surface area contributed by atoms with Gasteiger partial charge in [-0.3, -0.25) is 9.35 Å². The fourth-order valence-electron chi connectivity index (χ4n) is 1.80. The molecule has 0 amide bonds. The van der Waals surface area contributed by atoms with Gasteiger partial charge in [-0.1, -0.05) is 28.3 Å². The second-order valence-electron chi connectivity index (χ2n) is 5.21. The summed E-state index contributed by atoms with van der Waals surface area (Å²) in [4.78, 5) is 13.9. The average molecular weight is 472 g/mol. The highest BCUT2D eigenvalue weighted by Crippen LogP contribution is 2.35. The fourth-order valence-corrected chi connectivity index (χ4v) is 3.02. The van der Waals surface area contributed by atoms with Gasteiger partial charge in [0, 0.05) is 11.5 Å². The summed E-state index contributed by atoms with van der Waals surface area (Å²) in [5, 5.41) is 2.83. The van der Waals surface area contributed by atoms with Crippen LogP contribution in [0.4, 0.5) is 0 Å². The standard InChI is InChI=1S/C15H19Cl2N3O8S/c16-12-9-11(29(22,23)24)10-13(17)15(12)28-14(21)1-3-25-5-7-27-8-6-26-4-2-19-20-18/h9-10H,1-8H2,(H,22,23,24). The molecule has 0 aliphatic rings. The number of rotatable bonds is 14. The van der Waals surface area contributed by atoms with E-state index in [0.29, 0.717) is 26.4 Å². The monoisotopic (exact) mass is 471 g/mol. The summed E-state index contributed by atoms with van der Waals surface area (Å²) in [5.41, 5.74) is 8.07. The van der Waals surface area contributed by atoms with Crippen molar-refractivity contribution < 1.29 is 36.7 Å². The van der Waals surface area contributed by atoms with Crippen molar-refractivity contribution in [3.8, 4) is 5.75 Å². The molecule has 0 saturated heterocycles. The highest BCUT2D eigenvalue weighted by Gasteiger charge is 2.18. The molecule has 0 saturated carbocycles. The molecule has 29 heavy (non-hydrogen) atoms. The van der Waals surface area contributed by atoms with Crippen LogP contribution in [-0.2, 0) is 29.1 Å². The van der Waals surface area contributed by atoms with Crippen LogP contribution in [0.2, 0.25) is 10.0 Å². The SMILES string of the molecule is [N-]=[N+]=NCCOCCOCCOCCC(=O)Oc1c(Cl)cc(S(=O)(=O)O)cc1Cl. The van der Waals surface area contributed by atoms with Crippen LogP contribution in [0.5, 0.6) is 5.75 Å². The van der Waals surface area contributed by atoms with Gasteiger partial charge >= 0.3 is 5.97 Å². The lowest BCUT2D eigenvalue weighted by molar-refractivity contribution is -0.135. The molecule has 1 aromatic carbocycles. The smallest absolute Gasteiger partial charge is 0.313 e. The molecule has 0 spiro atoms. The molecule has 162 valence electrons. The molecule has 0 radical (unpaired) electrons. The summed E-state index contributed by atoms with van der Waals surface area (Å²) < 4.78 is 51.8. The van der Waals surface area contributed by atoms with Crippen LogP contribution in [0.25, 0.3) is 10.4 Å². The number of esters is 1. The molecule has 0 fully saturated rings. The van der Waals surface area contributed by atoms with Crippen LogP contribution >= 0.6 is 23.2 Å². The predicted octanol–water partition coefficient (Wildman–Crippen LogP) is 2.90. The Balaban J connectivity index is 2.21. The van der Waals surface area contributed by atoms with Crippen molar-refractivity contribution in [2.75, 3.05) is 46.2 Å². The Hall–Kier alpha value is -1.63. The molecule has 1 rings (SSSR count). The largest absolute Gasteiger partial charge is 0.423 e. The van der Waals surface area contributed by atoms with E-state index in [1.54, 1.807) is 0 Å². The van der Waals surface area contributed by atoms with E-state index in [-0.39, 0.29) is 42.0 Å². The van der Waals surface area contributed by atoms with Crippen LogP contribution in [0.3, 0.4) is 0 Å². The number of carbonyl (C=O) groups excluding carboxylic acids is 1. The van der Waals surface area contributed by atoms with Gasteiger partial charge in [0.05, 0.1) is 61.0 Å². The van der Waals surface area contributed by atoms with Crippen molar-refractivity contribution in [1.82, 2.24) is 0 Å². The zero-order chi connectivity index (χ0) is 21.7. The third-order valence-electron chi connectivity index (χ3n) is 3.08. The molecule has 0 aliphatic carbocycles. The summed E-state index contributed by atoms with van der Waals surface area (Å²) in [6.45, 7) is 1.88. The van der Waals surface area contributed by atoms with Crippen LogP contribution in [0.15, 0.2) is 22.1 Å². The maximum atomic E-state index is 11.8.